The van der Waals surface area contributed by atoms with Crippen molar-refractivity contribution < 1.29 is 4.39 Å². The van der Waals surface area contributed by atoms with Crippen LogP contribution in [0.25, 0.3) is 16.8 Å². The Morgan fingerprint density at radius 1 is 1.17 bits per heavy atom. The Hall–Kier alpha value is -1.94. The molecule has 1 aliphatic rings. The number of fused-ring (bicyclic) bond motifs is 1. The third-order valence-corrected chi connectivity index (χ3v) is 5.11. The standard InChI is InChI=1S/C18H17ClFN3/c1-11-16(12-6-2-3-7-12)17(19)23-18(22-11)14(10-21-23)13-8-4-5-9-15(13)20/h4-5,8-10,12H,2-3,6-7H2,1H3. The summed E-state index contributed by atoms with van der Waals surface area (Å²) in [6, 6.07) is 6.67. The van der Waals surface area contributed by atoms with Gasteiger partial charge in [0.1, 0.15) is 11.0 Å². The van der Waals surface area contributed by atoms with Crippen LogP contribution in [0.5, 0.6) is 0 Å². The maximum Gasteiger partial charge on any atom is 0.164 e. The number of halogens is 2. The van der Waals surface area contributed by atoms with Crippen LogP contribution < -0.4 is 0 Å². The van der Waals surface area contributed by atoms with Crippen LogP contribution in [-0.4, -0.2) is 14.6 Å². The summed E-state index contributed by atoms with van der Waals surface area (Å²) < 4.78 is 15.8. The van der Waals surface area contributed by atoms with Crippen molar-refractivity contribution in [3.8, 4) is 11.1 Å². The molecule has 0 unspecified atom stereocenters. The summed E-state index contributed by atoms with van der Waals surface area (Å²) >= 11 is 6.63. The van der Waals surface area contributed by atoms with Gasteiger partial charge in [-0.3, -0.25) is 0 Å². The predicted molar refractivity (Wildman–Crippen MR) is 89.3 cm³/mol. The maximum absolute atomic E-state index is 14.1. The summed E-state index contributed by atoms with van der Waals surface area (Å²) in [4.78, 5) is 4.71. The van der Waals surface area contributed by atoms with E-state index in [1.54, 1.807) is 22.8 Å². The van der Waals surface area contributed by atoms with Crippen LogP contribution in [0.15, 0.2) is 30.5 Å². The third kappa shape index (κ3) is 2.32. The first-order chi connectivity index (χ1) is 11.2. The fourth-order valence-electron chi connectivity index (χ4n) is 3.62. The molecule has 5 heteroatoms. The smallest absolute Gasteiger partial charge is 0.164 e. The summed E-state index contributed by atoms with van der Waals surface area (Å²) in [6.07, 6.45) is 6.41. The van der Waals surface area contributed by atoms with Crippen molar-refractivity contribution in [1.29, 1.82) is 0 Å². The predicted octanol–water partition coefficient (Wildman–Crippen LogP) is 5.15. The second-order valence-electron chi connectivity index (χ2n) is 6.16. The highest BCUT2D eigenvalue weighted by molar-refractivity contribution is 6.30. The highest BCUT2D eigenvalue weighted by Crippen LogP contribution is 2.40. The number of benzene rings is 1. The molecule has 1 aromatic carbocycles. The number of aromatic nitrogens is 3. The van der Waals surface area contributed by atoms with E-state index >= 15 is 0 Å². The molecule has 23 heavy (non-hydrogen) atoms. The van der Waals surface area contributed by atoms with E-state index in [0.717, 1.165) is 24.1 Å². The van der Waals surface area contributed by atoms with Crippen molar-refractivity contribution in [2.45, 2.75) is 38.5 Å². The molecule has 4 rings (SSSR count). The molecular formula is C18H17ClFN3. The Kier molecular flexibility index (Phi) is 3.57. The van der Waals surface area contributed by atoms with Gasteiger partial charge in [0.15, 0.2) is 5.65 Å². The fourth-order valence-corrected chi connectivity index (χ4v) is 4.04. The molecule has 2 aromatic heterocycles. The summed E-state index contributed by atoms with van der Waals surface area (Å²) in [5.41, 5.74) is 3.80. The van der Waals surface area contributed by atoms with Crippen molar-refractivity contribution in [2.24, 2.45) is 0 Å². The normalized spacial score (nSPS) is 15.6. The Morgan fingerprint density at radius 3 is 2.65 bits per heavy atom. The second-order valence-corrected chi connectivity index (χ2v) is 6.51. The molecule has 118 valence electrons. The van der Waals surface area contributed by atoms with E-state index in [9.17, 15) is 4.39 Å². The molecule has 3 aromatic rings. The van der Waals surface area contributed by atoms with E-state index < -0.39 is 0 Å². The lowest BCUT2D eigenvalue weighted by molar-refractivity contribution is 0.631. The van der Waals surface area contributed by atoms with Gasteiger partial charge in [0.05, 0.1) is 6.20 Å². The number of nitrogens with zero attached hydrogens (tertiary/aromatic N) is 3. The van der Waals surface area contributed by atoms with E-state index in [1.807, 2.05) is 13.0 Å². The van der Waals surface area contributed by atoms with Crippen LogP contribution in [0, 0.1) is 12.7 Å². The average molecular weight is 330 g/mol. The van der Waals surface area contributed by atoms with Crippen LogP contribution in [0.4, 0.5) is 4.39 Å². The molecule has 0 bridgehead atoms. The molecule has 0 atom stereocenters. The zero-order chi connectivity index (χ0) is 16.0. The summed E-state index contributed by atoms with van der Waals surface area (Å²) in [5, 5.41) is 4.98. The first-order valence-electron chi connectivity index (χ1n) is 7.95. The molecule has 0 amide bonds. The van der Waals surface area contributed by atoms with Gasteiger partial charge in [0, 0.05) is 22.4 Å². The van der Waals surface area contributed by atoms with Gasteiger partial charge < -0.3 is 0 Å². The SMILES string of the molecule is Cc1nc2c(-c3ccccc3F)cnn2c(Cl)c1C1CCCC1. The zero-order valence-electron chi connectivity index (χ0n) is 12.9. The van der Waals surface area contributed by atoms with Gasteiger partial charge in [-0.15, -0.1) is 0 Å². The maximum atomic E-state index is 14.1. The number of hydrogen-bond acceptors (Lipinski definition) is 2. The first kappa shape index (κ1) is 14.6. The van der Waals surface area contributed by atoms with Crippen LogP contribution in [0.2, 0.25) is 5.15 Å². The van der Waals surface area contributed by atoms with Crippen molar-refractivity contribution >= 4 is 17.2 Å². The second kappa shape index (κ2) is 5.60. The fraction of sp³-hybridized carbons (Fsp3) is 0.333. The summed E-state index contributed by atoms with van der Waals surface area (Å²) in [5.74, 6) is 0.179. The zero-order valence-corrected chi connectivity index (χ0v) is 13.6. The number of aryl methyl sites for hydroxylation is 1. The van der Waals surface area contributed by atoms with Crippen molar-refractivity contribution in [3.63, 3.8) is 0 Å². The van der Waals surface area contributed by atoms with Gasteiger partial charge in [-0.2, -0.15) is 5.10 Å². The Morgan fingerprint density at radius 2 is 1.91 bits per heavy atom. The lowest BCUT2D eigenvalue weighted by Crippen LogP contribution is -2.06. The molecule has 3 nitrogen and oxygen atoms in total. The van der Waals surface area contributed by atoms with Crippen LogP contribution in [0.1, 0.15) is 42.9 Å². The Labute approximate surface area is 139 Å². The minimum atomic E-state index is -0.280. The monoisotopic (exact) mass is 329 g/mol. The van der Waals surface area contributed by atoms with E-state index in [1.165, 1.54) is 18.9 Å². The van der Waals surface area contributed by atoms with E-state index in [4.69, 9.17) is 16.6 Å². The van der Waals surface area contributed by atoms with E-state index in [-0.39, 0.29) is 5.82 Å². The van der Waals surface area contributed by atoms with Gasteiger partial charge in [0.25, 0.3) is 0 Å². The average Bonchev–Trinajstić information content (AvgIpc) is 3.18. The highest BCUT2D eigenvalue weighted by Gasteiger charge is 2.25. The molecule has 0 aliphatic heterocycles. The van der Waals surface area contributed by atoms with E-state index in [2.05, 4.69) is 5.10 Å². The number of hydrogen-bond donors (Lipinski definition) is 0. The Balaban J connectivity index is 1.93. The Bertz CT molecular complexity index is 881. The van der Waals surface area contributed by atoms with Gasteiger partial charge in [-0.1, -0.05) is 42.6 Å². The van der Waals surface area contributed by atoms with Crippen LogP contribution >= 0.6 is 11.6 Å². The third-order valence-electron chi connectivity index (χ3n) is 4.74. The van der Waals surface area contributed by atoms with Crippen molar-refractivity contribution in [1.82, 2.24) is 14.6 Å². The van der Waals surface area contributed by atoms with Crippen LogP contribution in [0.3, 0.4) is 0 Å². The van der Waals surface area contributed by atoms with Gasteiger partial charge in [-0.05, 0) is 31.7 Å². The minimum Gasteiger partial charge on any atom is -0.233 e. The first-order valence-corrected chi connectivity index (χ1v) is 8.33. The van der Waals surface area contributed by atoms with Gasteiger partial charge in [0.2, 0.25) is 0 Å². The van der Waals surface area contributed by atoms with E-state index in [0.29, 0.717) is 27.8 Å². The quantitative estimate of drug-likeness (QED) is 0.608. The minimum absolute atomic E-state index is 0.280. The molecule has 1 saturated carbocycles. The summed E-state index contributed by atoms with van der Waals surface area (Å²) in [6.45, 7) is 1.98. The lowest BCUT2D eigenvalue weighted by Gasteiger charge is -2.15. The van der Waals surface area contributed by atoms with Gasteiger partial charge >= 0.3 is 0 Å². The molecule has 1 fully saturated rings. The molecule has 0 spiro atoms. The molecule has 0 N–H and O–H groups in total. The van der Waals surface area contributed by atoms with Crippen LogP contribution in [-0.2, 0) is 0 Å². The van der Waals surface area contributed by atoms with Crippen molar-refractivity contribution in [3.05, 3.63) is 52.7 Å². The topological polar surface area (TPSA) is 30.2 Å². The highest BCUT2D eigenvalue weighted by atomic mass is 35.5. The molecule has 1 aliphatic carbocycles. The molecule has 0 saturated heterocycles. The molecular weight excluding hydrogens is 313 g/mol. The van der Waals surface area contributed by atoms with Gasteiger partial charge in [-0.25, -0.2) is 13.9 Å². The van der Waals surface area contributed by atoms with Crippen molar-refractivity contribution in [2.75, 3.05) is 0 Å². The lowest BCUT2D eigenvalue weighted by atomic mass is 9.98. The molecule has 2 heterocycles. The largest absolute Gasteiger partial charge is 0.233 e. The number of rotatable bonds is 2. The molecule has 0 radical (unpaired) electrons. The summed E-state index contributed by atoms with van der Waals surface area (Å²) in [7, 11) is 0.